The molecule has 1 N–H and O–H groups in total. The predicted molar refractivity (Wildman–Crippen MR) is 74.3 cm³/mol. The van der Waals surface area contributed by atoms with Crippen molar-refractivity contribution in [1.82, 2.24) is 15.2 Å². The zero-order valence-electron chi connectivity index (χ0n) is 10.8. The lowest BCUT2D eigenvalue weighted by Gasteiger charge is -2.26. The fourth-order valence-electron chi connectivity index (χ4n) is 3.07. The third kappa shape index (κ3) is 3.07. The maximum Gasteiger partial charge on any atom is 0.270 e. The molecular formula is C14H18ClN3O. The second-order valence-corrected chi connectivity index (χ2v) is 5.95. The summed E-state index contributed by atoms with van der Waals surface area (Å²) in [6.07, 6.45) is 5.14. The molecule has 0 radical (unpaired) electrons. The van der Waals surface area contributed by atoms with E-state index >= 15 is 0 Å². The van der Waals surface area contributed by atoms with E-state index in [0.29, 0.717) is 10.7 Å². The molecule has 0 aliphatic carbocycles. The highest BCUT2D eigenvalue weighted by Crippen LogP contribution is 2.26. The summed E-state index contributed by atoms with van der Waals surface area (Å²) < 4.78 is 0. The molecule has 3 aliphatic rings. The highest BCUT2D eigenvalue weighted by Gasteiger charge is 2.30. The predicted octanol–water partition coefficient (Wildman–Crippen LogP) is 1.95. The molecule has 3 fully saturated rings. The van der Waals surface area contributed by atoms with Crippen molar-refractivity contribution >= 4 is 17.5 Å². The van der Waals surface area contributed by atoms with Crippen LogP contribution in [0.3, 0.4) is 0 Å². The molecule has 4 rings (SSSR count). The van der Waals surface area contributed by atoms with E-state index < -0.39 is 0 Å². The van der Waals surface area contributed by atoms with E-state index in [4.69, 9.17) is 11.6 Å². The minimum Gasteiger partial charge on any atom is -0.347 e. The van der Waals surface area contributed by atoms with Gasteiger partial charge in [0, 0.05) is 18.8 Å². The Labute approximate surface area is 118 Å². The normalized spacial score (nSPS) is 29.8. The van der Waals surface area contributed by atoms with E-state index in [0.717, 1.165) is 18.9 Å². The molecule has 102 valence electrons. The van der Waals surface area contributed by atoms with E-state index in [1.807, 2.05) is 0 Å². The molecule has 1 atom stereocenters. The number of piperidine rings is 1. The van der Waals surface area contributed by atoms with Gasteiger partial charge in [-0.25, -0.2) is 4.98 Å². The van der Waals surface area contributed by atoms with Gasteiger partial charge in [0.05, 0.1) is 5.02 Å². The first kappa shape index (κ1) is 12.9. The number of hydrogen-bond acceptors (Lipinski definition) is 3. The van der Waals surface area contributed by atoms with Gasteiger partial charge in [-0.2, -0.15) is 0 Å². The Morgan fingerprint density at radius 3 is 2.84 bits per heavy atom. The van der Waals surface area contributed by atoms with Gasteiger partial charge in [-0.05, 0) is 50.4 Å². The van der Waals surface area contributed by atoms with Crippen LogP contribution in [0.4, 0.5) is 0 Å². The molecule has 4 nitrogen and oxygen atoms in total. The van der Waals surface area contributed by atoms with Crippen molar-refractivity contribution in [1.29, 1.82) is 0 Å². The van der Waals surface area contributed by atoms with Gasteiger partial charge in [0.1, 0.15) is 5.69 Å². The van der Waals surface area contributed by atoms with Crippen LogP contribution in [0.5, 0.6) is 0 Å². The summed E-state index contributed by atoms with van der Waals surface area (Å²) in [7, 11) is 0. The molecule has 0 spiro atoms. The lowest BCUT2D eigenvalue weighted by Crippen LogP contribution is -2.42. The zero-order chi connectivity index (χ0) is 13.2. The van der Waals surface area contributed by atoms with Crippen LogP contribution in [0.2, 0.25) is 5.02 Å². The Bertz CT molecular complexity index is 440. The monoisotopic (exact) mass is 279 g/mol. The standard InChI is InChI=1S/C14H18ClN3O/c15-11-1-2-13(16-8-11)14(19)17-12-7-10-3-5-18(9-12)6-4-10/h1-2,8,10,12H,3-7,9H2,(H,17,19)/t12-/m1/s1. The molecule has 1 aromatic rings. The van der Waals surface area contributed by atoms with Gasteiger partial charge in [0.25, 0.3) is 5.91 Å². The molecule has 4 heterocycles. The summed E-state index contributed by atoms with van der Waals surface area (Å²) in [6.45, 7) is 3.32. The summed E-state index contributed by atoms with van der Waals surface area (Å²) >= 11 is 5.78. The van der Waals surface area contributed by atoms with Crippen LogP contribution < -0.4 is 5.32 Å². The number of fused-ring (bicyclic) bond motifs is 4. The molecule has 0 saturated carbocycles. The van der Waals surface area contributed by atoms with E-state index in [-0.39, 0.29) is 11.9 Å². The number of halogens is 1. The number of nitrogens with one attached hydrogen (secondary N) is 1. The Morgan fingerprint density at radius 2 is 2.16 bits per heavy atom. The molecule has 1 aromatic heterocycles. The molecule has 0 unspecified atom stereocenters. The number of nitrogens with zero attached hydrogens (tertiary/aromatic N) is 2. The first-order chi connectivity index (χ1) is 9.20. The summed E-state index contributed by atoms with van der Waals surface area (Å²) in [6, 6.07) is 3.62. The van der Waals surface area contributed by atoms with Crippen molar-refractivity contribution in [3.8, 4) is 0 Å². The summed E-state index contributed by atoms with van der Waals surface area (Å²) in [5.74, 6) is 0.673. The van der Waals surface area contributed by atoms with Gasteiger partial charge in [-0.1, -0.05) is 11.6 Å². The molecule has 3 aliphatic heterocycles. The number of carbonyl (C=O) groups is 1. The number of pyridine rings is 1. The largest absolute Gasteiger partial charge is 0.347 e. The maximum absolute atomic E-state index is 12.1. The highest BCUT2D eigenvalue weighted by molar-refractivity contribution is 6.30. The average Bonchev–Trinajstić information content (AvgIpc) is 2.71. The van der Waals surface area contributed by atoms with Gasteiger partial charge in [-0.15, -0.1) is 0 Å². The molecule has 0 aromatic carbocycles. The number of rotatable bonds is 2. The summed E-state index contributed by atoms with van der Waals surface area (Å²) in [5.41, 5.74) is 0.441. The van der Waals surface area contributed by atoms with Gasteiger partial charge in [0.2, 0.25) is 0 Å². The first-order valence-electron chi connectivity index (χ1n) is 6.85. The Balaban J connectivity index is 1.64. The van der Waals surface area contributed by atoms with Crippen LogP contribution in [-0.2, 0) is 0 Å². The Morgan fingerprint density at radius 1 is 1.37 bits per heavy atom. The summed E-state index contributed by atoms with van der Waals surface area (Å²) in [4.78, 5) is 18.6. The SMILES string of the molecule is O=C(N[C@@H]1CC2CCN(CC2)C1)c1ccc(Cl)cn1. The third-order valence-corrected chi connectivity index (χ3v) is 4.32. The third-order valence-electron chi connectivity index (χ3n) is 4.10. The zero-order valence-corrected chi connectivity index (χ0v) is 11.6. The van der Waals surface area contributed by atoms with Crippen molar-refractivity contribution < 1.29 is 4.79 Å². The van der Waals surface area contributed by atoms with Gasteiger partial charge in [0.15, 0.2) is 0 Å². The molecular weight excluding hydrogens is 262 g/mol. The first-order valence-corrected chi connectivity index (χ1v) is 7.23. The highest BCUT2D eigenvalue weighted by atomic mass is 35.5. The van der Waals surface area contributed by atoms with Gasteiger partial charge in [-0.3, -0.25) is 4.79 Å². The van der Waals surface area contributed by atoms with Gasteiger partial charge < -0.3 is 10.2 Å². The fraction of sp³-hybridized carbons (Fsp3) is 0.571. The lowest BCUT2D eigenvalue weighted by molar-refractivity contribution is 0.0924. The number of carbonyl (C=O) groups excluding carboxylic acids is 1. The minimum absolute atomic E-state index is 0.0934. The molecule has 3 saturated heterocycles. The van der Waals surface area contributed by atoms with Crippen molar-refractivity contribution in [2.75, 3.05) is 19.6 Å². The van der Waals surface area contributed by atoms with Crippen LogP contribution in [0.25, 0.3) is 0 Å². The molecule has 5 heteroatoms. The molecule has 2 bridgehead atoms. The second kappa shape index (κ2) is 5.47. The topological polar surface area (TPSA) is 45.2 Å². The maximum atomic E-state index is 12.1. The van der Waals surface area contributed by atoms with Crippen molar-refractivity contribution in [2.45, 2.75) is 25.3 Å². The second-order valence-electron chi connectivity index (χ2n) is 5.51. The van der Waals surface area contributed by atoms with E-state index in [1.54, 1.807) is 12.1 Å². The molecule has 19 heavy (non-hydrogen) atoms. The molecule has 1 amide bonds. The van der Waals surface area contributed by atoms with Crippen LogP contribution in [0.15, 0.2) is 18.3 Å². The summed E-state index contributed by atoms with van der Waals surface area (Å²) in [5, 5.41) is 3.66. The van der Waals surface area contributed by atoms with Crippen molar-refractivity contribution in [3.63, 3.8) is 0 Å². The fourth-order valence-corrected chi connectivity index (χ4v) is 3.18. The van der Waals surface area contributed by atoms with Crippen LogP contribution in [0, 0.1) is 5.92 Å². The van der Waals surface area contributed by atoms with Crippen LogP contribution in [0.1, 0.15) is 29.8 Å². The van der Waals surface area contributed by atoms with Crippen LogP contribution >= 0.6 is 11.6 Å². The van der Waals surface area contributed by atoms with Crippen molar-refractivity contribution in [3.05, 3.63) is 29.0 Å². The Hall–Kier alpha value is -1.13. The Kier molecular flexibility index (Phi) is 3.71. The lowest BCUT2D eigenvalue weighted by atomic mass is 9.94. The quantitative estimate of drug-likeness (QED) is 0.900. The number of hydrogen-bond donors (Lipinski definition) is 1. The van der Waals surface area contributed by atoms with E-state index in [1.165, 1.54) is 32.1 Å². The van der Waals surface area contributed by atoms with Crippen molar-refractivity contribution in [2.24, 2.45) is 5.92 Å². The van der Waals surface area contributed by atoms with E-state index in [9.17, 15) is 4.79 Å². The number of aromatic nitrogens is 1. The van der Waals surface area contributed by atoms with Gasteiger partial charge >= 0.3 is 0 Å². The number of amides is 1. The van der Waals surface area contributed by atoms with Crippen LogP contribution in [-0.4, -0.2) is 41.5 Å². The minimum atomic E-state index is -0.0934. The van der Waals surface area contributed by atoms with E-state index in [2.05, 4.69) is 15.2 Å². The smallest absolute Gasteiger partial charge is 0.270 e. The average molecular weight is 280 g/mol.